The second-order valence-electron chi connectivity index (χ2n) is 4.92. The molecule has 0 aliphatic rings. The molecule has 0 saturated carbocycles. The van der Waals surface area contributed by atoms with Gasteiger partial charge in [-0.1, -0.05) is 20.8 Å². The summed E-state index contributed by atoms with van der Waals surface area (Å²) >= 11 is 0. The molecule has 5 nitrogen and oxygen atoms in total. The van der Waals surface area contributed by atoms with Gasteiger partial charge in [-0.2, -0.15) is 0 Å². The molecular weight excluding hydrogens is 254 g/mol. The molecule has 0 fully saturated rings. The maximum absolute atomic E-state index is 11.5. The summed E-state index contributed by atoms with van der Waals surface area (Å²) in [6, 6.07) is 7.30. The Kier molecular flexibility index (Phi) is 6.56. The lowest BCUT2D eigenvalue weighted by Crippen LogP contribution is -2.30. The Balaban J connectivity index is 2.42. The van der Waals surface area contributed by atoms with Crippen LogP contribution in [0.1, 0.15) is 27.2 Å². The van der Waals surface area contributed by atoms with Crippen LogP contribution in [0.4, 0.5) is 11.4 Å². The highest BCUT2D eigenvalue weighted by Gasteiger charge is 2.06. The predicted molar refractivity (Wildman–Crippen MR) is 81.7 cm³/mol. The summed E-state index contributed by atoms with van der Waals surface area (Å²) in [6.45, 7) is 6.65. The van der Waals surface area contributed by atoms with Crippen LogP contribution in [0.5, 0.6) is 0 Å². The lowest BCUT2D eigenvalue weighted by atomic mass is 10.2. The summed E-state index contributed by atoms with van der Waals surface area (Å²) in [6.07, 6.45) is 0.927. The van der Waals surface area contributed by atoms with Crippen molar-refractivity contribution in [1.29, 1.82) is 0 Å². The van der Waals surface area contributed by atoms with Gasteiger partial charge in [-0.3, -0.25) is 9.59 Å². The van der Waals surface area contributed by atoms with E-state index in [1.807, 2.05) is 45.0 Å². The molecule has 0 atom stereocenters. The third-order valence-corrected chi connectivity index (χ3v) is 2.70. The minimum Gasteiger partial charge on any atom is -0.376 e. The predicted octanol–water partition coefficient (Wildman–Crippen LogP) is 2.22. The van der Waals surface area contributed by atoms with E-state index in [2.05, 4.69) is 16.0 Å². The molecule has 0 heterocycles. The monoisotopic (exact) mass is 277 g/mol. The molecule has 1 rings (SSSR count). The Morgan fingerprint density at radius 1 is 1.10 bits per heavy atom. The summed E-state index contributed by atoms with van der Waals surface area (Å²) in [5.41, 5.74) is 1.60. The largest absolute Gasteiger partial charge is 0.376 e. The van der Waals surface area contributed by atoms with E-state index in [9.17, 15) is 9.59 Å². The van der Waals surface area contributed by atoms with E-state index in [1.54, 1.807) is 0 Å². The molecule has 0 unspecified atom stereocenters. The molecule has 0 aromatic heterocycles. The van der Waals surface area contributed by atoms with Crippen LogP contribution in [0.15, 0.2) is 24.3 Å². The molecule has 1 aromatic carbocycles. The summed E-state index contributed by atoms with van der Waals surface area (Å²) in [4.78, 5) is 23.0. The van der Waals surface area contributed by atoms with Gasteiger partial charge in [0.1, 0.15) is 0 Å². The van der Waals surface area contributed by atoms with Crippen LogP contribution in [0.3, 0.4) is 0 Å². The van der Waals surface area contributed by atoms with Gasteiger partial charge in [0, 0.05) is 23.8 Å². The van der Waals surface area contributed by atoms with Crippen molar-refractivity contribution in [2.75, 3.05) is 23.7 Å². The number of carbonyl (C=O) groups is 2. The van der Waals surface area contributed by atoms with E-state index in [4.69, 9.17) is 0 Å². The van der Waals surface area contributed by atoms with Crippen LogP contribution in [0.2, 0.25) is 0 Å². The van der Waals surface area contributed by atoms with E-state index in [0.717, 1.165) is 17.8 Å². The van der Waals surface area contributed by atoms with E-state index in [1.165, 1.54) is 0 Å². The van der Waals surface area contributed by atoms with Crippen molar-refractivity contribution in [2.45, 2.75) is 27.2 Å². The number of hydrogen-bond acceptors (Lipinski definition) is 3. The van der Waals surface area contributed by atoms with Crippen molar-refractivity contribution in [3.05, 3.63) is 24.3 Å². The van der Waals surface area contributed by atoms with Gasteiger partial charge in [0.15, 0.2) is 0 Å². The van der Waals surface area contributed by atoms with Gasteiger partial charge >= 0.3 is 0 Å². The zero-order valence-electron chi connectivity index (χ0n) is 12.3. The fourth-order valence-corrected chi connectivity index (χ4v) is 1.47. The summed E-state index contributed by atoms with van der Waals surface area (Å²) in [5.74, 6) is -0.0799. The van der Waals surface area contributed by atoms with Crippen molar-refractivity contribution in [3.63, 3.8) is 0 Å². The first-order chi connectivity index (χ1) is 9.52. The van der Waals surface area contributed by atoms with Gasteiger partial charge in [0.2, 0.25) is 11.8 Å². The second-order valence-corrected chi connectivity index (χ2v) is 4.92. The standard InChI is InChI=1S/C15H23N3O2/c1-4-9-16-14(19)10-17-12-5-7-13(8-6-12)18-15(20)11(2)3/h5-8,11,17H,4,9-10H2,1-3H3,(H,16,19)(H,18,20). The number of benzene rings is 1. The molecule has 0 bridgehead atoms. The minimum atomic E-state index is -0.0462. The number of anilines is 2. The molecule has 0 aliphatic carbocycles. The maximum Gasteiger partial charge on any atom is 0.239 e. The first-order valence-corrected chi connectivity index (χ1v) is 6.94. The number of amides is 2. The van der Waals surface area contributed by atoms with Crippen LogP contribution in [-0.4, -0.2) is 24.9 Å². The van der Waals surface area contributed by atoms with Crippen molar-refractivity contribution in [1.82, 2.24) is 5.32 Å². The maximum atomic E-state index is 11.5. The number of rotatable bonds is 7. The Bertz CT molecular complexity index is 441. The van der Waals surface area contributed by atoms with Crippen molar-refractivity contribution >= 4 is 23.2 Å². The van der Waals surface area contributed by atoms with Gasteiger partial charge < -0.3 is 16.0 Å². The van der Waals surface area contributed by atoms with Crippen LogP contribution < -0.4 is 16.0 Å². The first kappa shape index (κ1) is 16.0. The highest BCUT2D eigenvalue weighted by atomic mass is 16.2. The zero-order chi connectivity index (χ0) is 15.0. The van der Waals surface area contributed by atoms with E-state index in [-0.39, 0.29) is 24.3 Å². The molecule has 0 radical (unpaired) electrons. The summed E-state index contributed by atoms with van der Waals surface area (Å²) < 4.78 is 0. The lowest BCUT2D eigenvalue weighted by molar-refractivity contribution is -0.119. The highest BCUT2D eigenvalue weighted by molar-refractivity contribution is 5.92. The molecule has 5 heteroatoms. The average molecular weight is 277 g/mol. The third-order valence-electron chi connectivity index (χ3n) is 2.70. The van der Waals surface area contributed by atoms with Gasteiger partial charge in [-0.25, -0.2) is 0 Å². The first-order valence-electron chi connectivity index (χ1n) is 6.94. The molecule has 110 valence electrons. The fraction of sp³-hybridized carbons (Fsp3) is 0.467. The van der Waals surface area contributed by atoms with Crippen LogP contribution in [0.25, 0.3) is 0 Å². The molecule has 3 N–H and O–H groups in total. The molecular formula is C15H23N3O2. The van der Waals surface area contributed by atoms with Gasteiger partial charge in [-0.05, 0) is 30.7 Å². The SMILES string of the molecule is CCCNC(=O)CNc1ccc(NC(=O)C(C)C)cc1. The molecule has 2 amide bonds. The average Bonchev–Trinajstić information content (AvgIpc) is 2.44. The van der Waals surface area contributed by atoms with Gasteiger partial charge in [-0.15, -0.1) is 0 Å². The van der Waals surface area contributed by atoms with E-state index in [0.29, 0.717) is 6.54 Å². The Labute approximate surface area is 120 Å². The Morgan fingerprint density at radius 3 is 2.25 bits per heavy atom. The smallest absolute Gasteiger partial charge is 0.239 e. The highest BCUT2D eigenvalue weighted by Crippen LogP contribution is 2.14. The molecule has 0 spiro atoms. The molecule has 20 heavy (non-hydrogen) atoms. The summed E-state index contributed by atoms with van der Waals surface area (Å²) in [5, 5.41) is 8.64. The minimum absolute atomic E-state index is 0.00958. The number of carbonyl (C=O) groups excluding carboxylic acids is 2. The van der Waals surface area contributed by atoms with Crippen molar-refractivity contribution < 1.29 is 9.59 Å². The molecule has 1 aromatic rings. The molecule has 0 saturated heterocycles. The van der Waals surface area contributed by atoms with Crippen molar-refractivity contribution in [2.24, 2.45) is 5.92 Å². The fourth-order valence-electron chi connectivity index (χ4n) is 1.47. The van der Waals surface area contributed by atoms with Gasteiger partial charge in [0.05, 0.1) is 6.54 Å². The van der Waals surface area contributed by atoms with Crippen LogP contribution in [-0.2, 0) is 9.59 Å². The third kappa shape index (κ3) is 5.73. The van der Waals surface area contributed by atoms with E-state index < -0.39 is 0 Å². The van der Waals surface area contributed by atoms with Crippen LogP contribution >= 0.6 is 0 Å². The normalized spacial score (nSPS) is 10.2. The van der Waals surface area contributed by atoms with Gasteiger partial charge in [0.25, 0.3) is 0 Å². The Morgan fingerprint density at radius 2 is 1.70 bits per heavy atom. The topological polar surface area (TPSA) is 70.2 Å². The molecule has 0 aliphatic heterocycles. The number of nitrogens with one attached hydrogen (secondary N) is 3. The van der Waals surface area contributed by atoms with Crippen molar-refractivity contribution in [3.8, 4) is 0 Å². The Hall–Kier alpha value is -2.04. The number of hydrogen-bond donors (Lipinski definition) is 3. The quantitative estimate of drug-likeness (QED) is 0.715. The lowest BCUT2D eigenvalue weighted by Gasteiger charge is -2.10. The second kappa shape index (κ2) is 8.19. The summed E-state index contributed by atoms with van der Waals surface area (Å²) in [7, 11) is 0. The zero-order valence-corrected chi connectivity index (χ0v) is 12.3. The van der Waals surface area contributed by atoms with E-state index >= 15 is 0 Å². The van der Waals surface area contributed by atoms with Crippen LogP contribution in [0, 0.1) is 5.92 Å².